The maximum Gasteiger partial charge on any atom is 0.181 e. The zero-order valence-electron chi connectivity index (χ0n) is 14.7. The van der Waals surface area contributed by atoms with Gasteiger partial charge in [0.2, 0.25) is 0 Å². The van der Waals surface area contributed by atoms with Crippen LogP contribution in [0.3, 0.4) is 0 Å². The molecule has 1 aromatic heterocycles. The molecule has 3 N–H and O–H groups in total. The van der Waals surface area contributed by atoms with Crippen molar-refractivity contribution in [3.05, 3.63) is 41.0 Å². The number of amidine groups is 1. The predicted octanol–water partition coefficient (Wildman–Crippen LogP) is 1.74. The standard InChI is InChI=1S/C15H21FN6O3S/c1-10-9-11(6-7-12(10)16)19-15(20-23)14-13(21-25-22-14)5-4-8-18-26(3,24)17-2/h6-7,9,23H,4-5,8H2,1-3H3,(H,19,20)(H,17,18,24). The van der Waals surface area contributed by atoms with Crippen LogP contribution >= 0.6 is 0 Å². The van der Waals surface area contributed by atoms with E-state index in [4.69, 9.17) is 4.63 Å². The van der Waals surface area contributed by atoms with E-state index in [1.165, 1.54) is 31.5 Å². The minimum Gasteiger partial charge on any atom is -0.290 e. The molecule has 0 aliphatic rings. The van der Waals surface area contributed by atoms with Gasteiger partial charge in [0.1, 0.15) is 21.4 Å². The summed E-state index contributed by atoms with van der Waals surface area (Å²) < 4.78 is 36.5. The van der Waals surface area contributed by atoms with Crippen LogP contribution in [0.5, 0.6) is 0 Å². The molecule has 0 saturated heterocycles. The van der Waals surface area contributed by atoms with Crippen LogP contribution in [0, 0.1) is 12.7 Å². The van der Waals surface area contributed by atoms with Gasteiger partial charge in [-0.2, -0.15) is 0 Å². The molecule has 0 bridgehead atoms. The van der Waals surface area contributed by atoms with Gasteiger partial charge in [0.05, 0.1) is 5.69 Å². The quantitative estimate of drug-likeness (QED) is 0.289. The first-order chi connectivity index (χ1) is 12.4. The number of nitrogens with zero attached hydrogens (tertiary/aromatic N) is 4. The maximum absolute atomic E-state index is 13.4. The van der Waals surface area contributed by atoms with E-state index >= 15 is 0 Å². The Hall–Kier alpha value is -2.37. The van der Waals surface area contributed by atoms with Gasteiger partial charge >= 0.3 is 0 Å². The van der Waals surface area contributed by atoms with Crippen molar-refractivity contribution in [3.8, 4) is 0 Å². The highest BCUT2D eigenvalue weighted by molar-refractivity contribution is 7.91. The summed E-state index contributed by atoms with van der Waals surface area (Å²) in [5.74, 6) is -0.312. The predicted molar refractivity (Wildman–Crippen MR) is 95.3 cm³/mol. The number of aryl methyl sites for hydroxylation is 2. The molecule has 0 saturated carbocycles. The molecule has 11 heteroatoms. The first-order valence-electron chi connectivity index (χ1n) is 7.78. The lowest BCUT2D eigenvalue weighted by Crippen LogP contribution is -2.24. The molecule has 0 radical (unpaired) electrons. The van der Waals surface area contributed by atoms with E-state index in [-0.39, 0.29) is 17.3 Å². The Morgan fingerprint density at radius 3 is 2.85 bits per heavy atom. The Morgan fingerprint density at radius 2 is 2.19 bits per heavy atom. The molecule has 2 rings (SSSR count). The lowest BCUT2D eigenvalue weighted by molar-refractivity contribution is 0.234. The molecule has 0 aliphatic heterocycles. The third-order valence-corrected chi connectivity index (χ3v) is 5.01. The summed E-state index contributed by atoms with van der Waals surface area (Å²) in [5.41, 5.74) is 3.55. The van der Waals surface area contributed by atoms with Gasteiger partial charge in [-0.05, 0) is 48.7 Å². The Bertz CT molecular complexity index is 905. The van der Waals surface area contributed by atoms with Crippen LogP contribution in [-0.2, 0) is 16.3 Å². The monoisotopic (exact) mass is 384 g/mol. The minimum atomic E-state index is -2.38. The van der Waals surface area contributed by atoms with Crippen molar-refractivity contribution in [2.24, 2.45) is 9.36 Å². The summed E-state index contributed by atoms with van der Waals surface area (Å²) in [6.45, 7) is 2.07. The average molecular weight is 384 g/mol. The van der Waals surface area contributed by atoms with Crippen molar-refractivity contribution in [3.63, 3.8) is 0 Å². The Morgan fingerprint density at radius 1 is 1.42 bits per heavy atom. The number of hydrogen-bond donors (Lipinski definition) is 3. The summed E-state index contributed by atoms with van der Waals surface area (Å²) >= 11 is 0. The van der Waals surface area contributed by atoms with Gasteiger partial charge in [0.25, 0.3) is 0 Å². The summed E-state index contributed by atoms with van der Waals surface area (Å²) in [5, 5.41) is 17.0. The lowest BCUT2D eigenvalue weighted by Gasteiger charge is -2.06. The van der Waals surface area contributed by atoms with E-state index in [2.05, 4.69) is 24.4 Å². The smallest absolute Gasteiger partial charge is 0.181 e. The molecular formula is C15H21FN6O3S. The molecule has 142 valence electrons. The van der Waals surface area contributed by atoms with E-state index in [0.717, 1.165) is 0 Å². The van der Waals surface area contributed by atoms with Gasteiger partial charge in [-0.15, -0.1) is 0 Å². The molecule has 1 aromatic carbocycles. The normalized spacial score (nSPS) is 14.1. The third kappa shape index (κ3) is 5.31. The van der Waals surface area contributed by atoms with Gasteiger partial charge in [0, 0.05) is 19.8 Å². The van der Waals surface area contributed by atoms with Crippen molar-refractivity contribution in [1.82, 2.24) is 20.5 Å². The molecule has 9 nitrogen and oxygen atoms in total. The van der Waals surface area contributed by atoms with Crippen molar-refractivity contribution in [1.29, 1.82) is 0 Å². The highest BCUT2D eigenvalue weighted by Gasteiger charge is 2.16. The van der Waals surface area contributed by atoms with Crippen LogP contribution in [0.25, 0.3) is 0 Å². The second-order valence-electron chi connectivity index (χ2n) is 5.55. The van der Waals surface area contributed by atoms with Crippen LogP contribution in [0.15, 0.2) is 32.2 Å². The second-order valence-corrected chi connectivity index (χ2v) is 7.81. The molecule has 2 aromatic rings. The van der Waals surface area contributed by atoms with E-state index in [0.29, 0.717) is 36.3 Å². The third-order valence-electron chi connectivity index (χ3n) is 3.58. The van der Waals surface area contributed by atoms with Crippen LogP contribution < -0.4 is 10.2 Å². The van der Waals surface area contributed by atoms with E-state index in [1.54, 1.807) is 6.92 Å². The number of aliphatic imine (C=N–C) groups is 1. The lowest BCUT2D eigenvalue weighted by atomic mass is 10.2. The topological polar surface area (TPSA) is 125 Å². The first kappa shape index (κ1) is 19.9. The molecule has 0 aliphatic carbocycles. The van der Waals surface area contributed by atoms with Crippen LogP contribution in [0.1, 0.15) is 23.4 Å². The fourth-order valence-electron chi connectivity index (χ4n) is 2.09. The average Bonchev–Trinajstić information content (AvgIpc) is 3.08. The molecule has 0 amide bonds. The largest absolute Gasteiger partial charge is 0.290 e. The minimum absolute atomic E-state index is 0.0306. The first-order valence-corrected chi connectivity index (χ1v) is 9.70. The molecule has 0 spiro atoms. The number of benzene rings is 1. The summed E-state index contributed by atoms with van der Waals surface area (Å²) in [4.78, 5) is 4.21. The Labute approximate surface area is 151 Å². The summed E-state index contributed by atoms with van der Waals surface area (Å²) in [6.07, 6.45) is 2.56. The van der Waals surface area contributed by atoms with Gasteiger partial charge in [-0.25, -0.2) is 27.3 Å². The van der Waals surface area contributed by atoms with Crippen LogP contribution in [-0.4, -0.2) is 45.4 Å². The maximum atomic E-state index is 13.4. The molecule has 1 unspecified atom stereocenters. The zero-order chi connectivity index (χ0) is 19.2. The van der Waals surface area contributed by atoms with Gasteiger partial charge < -0.3 is 0 Å². The van der Waals surface area contributed by atoms with E-state index in [9.17, 15) is 13.8 Å². The van der Waals surface area contributed by atoms with Crippen LogP contribution in [0.4, 0.5) is 10.1 Å². The number of aromatic nitrogens is 2. The summed E-state index contributed by atoms with van der Waals surface area (Å²) in [7, 11) is -0.893. The summed E-state index contributed by atoms with van der Waals surface area (Å²) in [6, 6.07) is 4.30. The number of halogens is 1. The number of hydroxylamine groups is 1. The SMILES string of the molecule is CN=S(C)(=O)NCCCc1nonc1C(=Nc1ccc(F)c(C)c1)NO. The van der Waals surface area contributed by atoms with Crippen molar-refractivity contribution >= 4 is 21.4 Å². The Balaban J connectivity index is 2.12. The fraction of sp³-hybridized carbons (Fsp3) is 0.400. The Kier molecular flexibility index (Phi) is 6.77. The van der Waals surface area contributed by atoms with Gasteiger partial charge in [-0.1, -0.05) is 5.16 Å². The zero-order valence-corrected chi connectivity index (χ0v) is 15.5. The second kappa shape index (κ2) is 8.83. The number of rotatable bonds is 7. The van der Waals surface area contributed by atoms with Crippen molar-refractivity contribution < 1.29 is 18.4 Å². The van der Waals surface area contributed by atoms with Crippen LogP contribution in [0.2, 0.25) is 0 Å². The molecule has 1 heterocycles. The molecular weight excluding hydrogens is 363 g/mol. The number of nitrogens with one attached hydrogen (secondary N) is 2. The van der Waals surface area contributed by atoms with E-state index < -0.39 is 9.92 Å². The fourth-order valence-corrected chi connectivity index (χ4v) is 2.74. The van der Waals surface area contributed by atoms with Gasteiger partial charge in [-0.3, -0.25) is 10.7 Å². The molecule has 1 atom stereocenters. The number of hydrogen-bond acceptors (Lipinski definition) is 7. The molecule has 0 fully saturated rings. The van der Waals surface area contributed by atoms with Crippen molar-refractivity contribution in [2.45, 2.75) is 19.8 Å². The van der Waals surface area contributed by atoms with Crippen molar-refractivity contribution in [2.75, 3.05) is 19.8 Å². The van der Waals surface area contributed by atoms with Gasteiger partial charge in [0.15, 0.2) is 11.5 Å². The van der Waals surface area contributed by atoms with E-state index in [1.807, 2.05) is 5.48 Å². The molecule has 26 heavy (non-hydrogen) atoms. The highest BCUT2D eigenvalue weighted by Crippen LogP contribution is 2.18. The highest BCUT2D eigenvalue weighted by atomic mass is 32.2.